The number of aliphatic carboxylic acids is 1. The van der Waals surface area contributed by atoms with Gasteiger partial charge in [-0.3, -0.25) is 14.4 Å². The van der Waals surface area contributed by atoms with Crippen LogP contribution in [0.2, 0.25) is 0 Å². The van der Waals surface area contributed by atoms with E-state index in [-0.39, 0.29) is 24.3 Å². The SMILES string of the molecule is CCc1cc(-c2ccc(O)c(CC(N)C(=O)N[C@@H](CCCN)C(=O)N(C)CC(=O)O)c2)ccc1O. The van der Waals surface area contributed by atoms with E-state index in [2.05, 4.69) is 5.32 Å². The molecule has 0 aliphatic carbocycles. The summed E-state index contributed by atoms with van der Waals surface area (Å²) in [6.45, 7) is 1.73. The van der Waals surface area contributed by atoms with Crippen molar-refractivity contribution in [1.29, 1.82) is 0 Å². The minimum atomic E-state index is -1.17. The van der Waals surface area contributed by atoms with E-state index in [4.69, 9.17) is 16.6 Å². The van der Waals surface area contributed by atoms with Gasteiger partial charge < -0.3 is 37.0 Å². The fourth-order valence-electron chi connectivity index (χ4n) is 3.71. The third-order valence-corrected chi connectivity index (χ3v) is 5.71. The van der Waals surface area contributed by atoms with Crippen LogP contribution in [0.15, 0.2) is 36.4 Å². The summed E-state index contributed by atoms with van der Waals surface area (Å²) in [4.78, 5) is 37.4. The number of carbonyl (C=O) groups excluding carboxylic acids is 2. The van der Waals surface area contributed by atoms with Crippen molar-refractivity contribution in [3.63, 3.8) is 0 Å². The highest BCUT2D eigenvalue weighted by molar-refractivity contribution is 5.91. The molecule has 0 aliphatic heterocycles. The molecule has 0 spiro atoms. The fourth-order valence-corrected chi connectivity index (χ4v) is 3.71. The molecule has 2 amide bonds. The van der Waals surface area contributed by atoms with Crippen molar-refractivity contribution in [2.24, 2.45) is 11.5 Å². The number of likely N-dealkylation sites (N-methyl/N-ethyl adjacent to an activating group) is 1. The van der Waals surface area contributed by atoms with E-state index in [1.165, 1.54) is 13.1 Å². The molecule has 8 N–H and O–H groups in total. The summed E-state index contributed by atoms with van der Waals surface area (Å²) < 4.78 is 0. The lowest BCUT2D eigenvalue weighted by Crippen LogP contribution is -2.53. The predicted molar refractivity (Wildman–Crippen MR) is 132 cm³/mol. The molecule has 2 aromatic rings. The van der Waals surface area contributed by atoms with Crippen LogP contribution in [0.25, 0.3) is 11.1 Å². The van der Waals surface area contributed by atoms with Crippen molar-refractivity contribution in [3.05, 3.63) is 47.5 Å². The van der Waals surface area contributed by atoms with Crippen molar-refractivity contribution < 1.29 is 29.7 Å². The number of phenols is 2. The number of hydrogen-bond donors (Lipinski definition) is 6. The van der Waals surface area contributed by atoms with E-state index >= 15 is 0 Å². The monoisotopic (exact) mass is 486 g/mol. The van der Waals surface area contributed by atoms with Crippen LogP contribution in [-0.4, -0.2) is 70.2 Å². The number of nitrogens with zero attached hydrogens (tertiary/aromatic N) is 1. The number of aryl methyl sites for hydroxylation is 1. The first-order valence-electron chi connectivity index (χ1n) is 11.4. The lowest BCUT2D eigenvalue weighted by atomic mass is 9.96. The van der Waals surface area contributed by atoms with E-state index in [1.807, 2.05) is 13.0 Å². The second-order valence-electron chi connectivity index (χ2n) is 8.43. The molecule has 2 rings (SSSR count). The number of carboxylic acid groups (broad SMARTS) is 1. The number of aromatic hydroxyl groups is 2. The van der Waals surface area contributed by atoms with Crippen molar-refractivity contribution >= 4 is 17.8 Å². The van der Waals surface area contributed by atoms with E-state index in [0.717, 1.165) is 21.6 Å². The summed E-state index contributed by atoms with van der Waals surface area (Å²) in [5, 5.41) is 31.8. The van der Waals surface area contributed by atoms with Crippen LogP contribution < -0.4 is 16.8 Å². The van der Waals surface area contributed by atoms with Crippen molar-refractivity contribution in [2.45, 2.75) is 44.7 Å². The molecule has 10 nitrogen and oxygen atoms in total. The topological polar surface area (TPSA) is 179 Å². The highest BCUT2D eigenvalue weighted by Gasteiger charge is 2.27. The normalized spacial score (nSPS) is 12.6. The van der Waals surface area contributed by atoms with Gasteiger partial charge in [-0.2, -0.15) is 0 Å². The van der Waals surface area contributed by atoms with Gasteiger partial charge in [0.2, 0.25) is 11.8 Å². The second kappa shape index (κ2) is 12.7. The number of hydrogen-bond acceptors (Lipinski definition) is 7. The average Bonchev–Trinajstić information content (AvgIpc) is 2.82. The highest BCUT2D eigenvalue weighted by atomic mass is 16.4. The molecule has 2 aromatic carbocycles. The zero-order chi connectivity index (χ0) is 26.1. The molecular formula is C25H34N4O6. The number of rotatable bonds is 12. The van der Waals surface area contributed by atoms with Crippen LogP contribution in [0.3, 0.4) is 0 Å². The van der Waals surface area contributed by atoms with E-state index in [0.29, 0.717) is 24.9 Å². The van der Waals surface area contributed by atoms with Gasteiger partial charge in [-0.05, 0) is 72.3 Å². The van der Waals surface area contributed by atoms with Crippen LogP contribution in [0.4, 0.5) is 0 Å². The quantitative estimate of drug-likeness (QED) is 0.257. The Morgan fingerprint density at radius 2 is 1.60 bits per heavy atom. The molecule has 0 bridgehead atoms. The lowest BCUT2D eigenvalue weighted by molar-refractivity contribution is -0.144. The Hall–Kier alpha value is -3.63. The smallest absolute Gasteiger partial charge is 0.323 e. The van der Waals surface area contributed by atoms with Crippen LogP contribution in [0.1, 0.15) is 30.9 Å². The summed E-state index contributed by atoms with van der Waals surface area (Å²) in [7, 11) is 1.34. The Kier molecular flexibility index (Phi) is 10.0. The molecule has 190 valence electrons. The Bertz CT molecular complexity index is 1060. The Labute approximate surface area is 204 Å². The standard InChI is InChI=1S/C25H34N4O6/c1-3-15-11-16(6-8-21(15)30)17-7-9-22(31)18(12-17)13-19(27)24(34)28-20(5-4-10-26)25(35)29(2)14-23(32)33/h6-9,11-12,19-20,30-31H,3-5,10,13-14,26-27H2,1-2H3,(H,28,34)(H,32,33)/t19?,20-/m0/s1. The lowest BCUT2D eigenvalue weighted by Gasteiger charge is -2.25. The van der Waals surface area contributed by atoms with Crippen LogP contribution in [0, 0.1) is 0 Å². The summed E-state index contributed by atoms with van der Waals surface area (Å²) in [6, 6.07) is 8.17. The summed E-state index contributed by atoms with van der Waals surface area (Å²) in [6.07, 6.45) is 1.34. The Morgan fingerprint density at radius 3 is 2.14 bits per heavy atom. The molecular weight excluding hydrogens is 452 g/mol. The van der Waals surface area contributed by atoms with Gasteiger partial charge in [-0.25, -0.2) is 0 Å². The van der Waals surface area contributed by atoms with Gasteiger partial charge in [0.1, 0.15) is 24.1 Å². The minimum Gasteiger partial charge on any atom is -0.508 e. The molecule has 0 fully saturated rings. The first kappa shape index (κ1) is 27.6. The molecule has 35 heavy (non-hydrogen) atoms. The average molecular weight is 487 g/mol. The maximum Gasteiger partial charge on any atom is 0.323 e. The molecule has 1 unspecified atom stereocenters. The maximum atomic E-state index is 12.8. The molecule has 0 aromatic heterocycles. The predicted octanol–water partition coefficient (Wildman–Crippen LogP) is 0.964. The first-order chi connectivity index (χ1) is 16.6. The first-order valence-corrected chi connectivity index (χ1v) is 11.4. The summed E-state index contributed by atoms with van der Waals surface area (Å²) >= 11 is 0. The number of nitrogens with one attached hydrogen (secondary N) is 1. The number of nitrogens with two attached hydrogens (primary N) is 2. The number of carbonyl (C=O) groups is 3. The zero-order valence-electron chi connectivity index (χ0n) is 20.0. The van der Waals surface area contributed by atoms with Crippen molar-refractivity contribution in [2.75, 3.05) is 20.1 Å². The second-order valence-corrected chi connectivity index (χ2v) is 8.43. The summed E-state index contributed by atoms with van der Waals surface area (Å²) in [5.74, 6) is -2.14. The highest BCUT2D eigenvalue weighted by Crippen LogP contribution is 2.30. The molecule has 2 atom stereocenters. The summed E-state index contributed by atoms with van der Waals surface area (Å²) in [5.41, 5.74) is 14.5. The van der Waals surface area contributed by atoms with Gasteiger partial charge in [0.05, 0.1) is 6.04 Å². The Morgan fingerprint density at radius 1 is 1.03 bits per heavy atom. The number of amides is 2. The van der Waals surface area contributed by atoms with Gasteiger partial charge >= 0.3 is 5.97 Å². The van der Waals surface area contributed by atoms with Crippen LogP contribution >= 0.6 is 0 Å². The van der Waals surface area contributed by atoms with E-state index < -0.39 is 36.4 Å². The van der Waals surface area contributed by atoms with Gasteiger partial charge in [0.15, 0.2) is 0 Å². The number of benzene rings is 2. The number of phenolic OH excluding ortho intramolecular Hbond substituents is 2. The van der Waals surface area contributed by atoms with E-state index in [9.17, 15) is 24.6 Å². The molecule has 0 radical (unpaired) electrons. The van der Waals surface area contributed by atoms with Gasteiger partial charge in [-0.1, -0.05) is 19.1 Å². The molecule has 0 saturated heterocycles. The van der Waals surface area contributed by atoms with Crippen molar-refractivity contribution in [1.82, 2.24) is 10.2 Å². The van der Waals surface area contributed by atoms with Crippen LogP contribution in [0.5, 0.6) is 11.5 Å². The molecule has 0 aliphatic rings. The van der Waals surface area contributed by atoms with Gasteiger partial charge in [0.25, 0.3) is 0 Å². The van der Waals surface area contributed by atoms with Gasteiger partial charge in [0, 0.05) is 13.5 Å². The zero-order valence-corrected chi connectivity index (χ0v) is 20.0. The third kappa shape index (κ3) is 7.69. The number of carboxylic acids is 1. The Balaban J connectivity index is 2.17. The van der Waals surface area contributed by atoms with Crippen molar-refractivity contribution in [3.8, 4) is 22.6 Å². The molecule has 0 saturated carbocycles. The fraction of sp³-hybridized carbons (Fsp3) is 0.400. The maximum absolute atomic E-state index is 12.8. The third-order valence-electron chi connectivity index (χ3n) is 5.71. The minimum absolute atomic E-state index is 0.00693. The largest absolute Gasteiger partial charge is 0.508 e. The van der Waals surface area contributed by atoms with Gasteiger partial charge in [-0.15, -0.1) is 0 Å². The van der Waals surface area contributed by atoms with Crippen LogP contribution in [-0.2, 0) is 27.2 Å². The molecule has 0 heterocycles. The molecule has 10 heteroatoms. The van der Waals surface area contributed by atoms with E-state index in [1.54, 1.807) is 24.3 Å².